The van der Waals surface area contributed by atoms with Crippen LogP contribution < -0.4 is 5.32 Å². The first-order chi connectivity index (χ1) is 8.72. The molecule has 0 aromatic heterocycles. The zero-order valence-corrected chi connectivity index (χ0v) is 13.2. The minimum atomic E-state index is 0.414. The molecule has 18 heavy (non-hydrogen) atoms. The number of benzene rings is 1. The van der Waals surface area contributed by atoms with Crippen molar-refractivity contribution in [3.05, 3.63) is 33.3 Å². The molecule has 1 aliphatic rings. The molecule has 1 fully saturated rings. The van der Waals surface area contributed by atoms with Gasteiger partial charge in [-0.3, -0.25) is 0 Å². The van der Waals surface area contributed by atoms with Crippen LogP contribution in [-0.4, -0.2) is 6.54 Å². The van der Waals surface area contributed by atoms with Crippen LogP contribution in [0, 0.1) is 5.92 Å². The normalized spacial score (nSPS) is 18.2. The molecule has 1 atom stereocenters. The van der Waals surface area contributed by atoms with E-state index >= 15 is 0 Å². The molecule has 1 aromatic rings. The van der Waals surface area contributed by atoms with Crippen molar-refractivity contribution in [3.63, 3.8) is 0 Å². The van der Waals surface area contributed by atoms with Crippen LogP contribution in [0.25, 0.3) is 0 Å². The Bertz CT molecular complexity index is 388. The fourth-order valence-electron chi connectivity index (χ4n) is 2.87. The minimum Gasteiger partial charge on any atom is -0.310 e. The molecule has 0 aliphatic heterocycles. The lowest BCUT2D eigenvalue weighted by molar-refractivity contribution is 0.368. The van der Waals surface area contributed by atoms with Crippen LogP contribution >= 0.6 is 27.5 Å². The van der Waals surface area contributed by atoms with E-state index in [4.69, 9.17) is 11.6 Å². The Kier molecular flexibility index (Phi) is 5.53. The molecule has 1 nitrogen and oxygen atoms in total. The van der Waals surface area contributed by atoms with E-state index < -0.39 is 0 Å². The summed E-state index contributed by atoms with van der Waals surface area (Å²) >= 11 is 9.94. The fraction of sp³-hybridized carbons (Fsp3) is 0.600. The standard InChI is InChI=1S/C15H21BrClN/c1-2-9-18-15(11-5-3-4-6-11)13-10-12(16)7-8-14(13)17/h7-8,10-11,15,18H,2-6,9H2,1H3. The van der Waals surface area contributed by atoms with Crippen molar-refractivity contribution in [2.45, 2.75) is 45.1 Å². The van der Waals surface area contributed by atoms with E-state index in [0.29, 0.717) is 6.04 Å². The van der Waals surface area contributed by atoms with E-state index in [0.717, 1.165) is 28.4 Å². The lowest BCUT2D eigenvalue weighted by Gasteiger charge is -2.26. The summed E-state index contributed by atoms with van der Waals surface area (Å²) in [6, 6.07) is 6.60. The molecule has 1 unspecified atom stereocenters. The van der Waals surface area contributed by atoms with Crippen LogP contribution in [0.3, 0.4) is 0 Å². The van der Waals surface area contributed by atoms with E-state index in [1.807, 2.05) is 12.1 Å². The minimum absolute atomic E-state index is 0.414. The predicted molar refractivity (Wildman–Crippen MR) is 82.1 cm³/mol. The van der Waals surface area contributed by atoms with Crippen LogP contribution in [0.2, 0.25) is 5.02 Å². The lowest BCUT2D eigenvalue weighted by atomic mass is 9.91. The highest BCUT2D eigenvalue weighted by Gasteiger charge is 2.27. The van der Waals surface area contributed by atoms with Crippen molar-refractivity contribution < 1.29 is 0 Å². The van der Waals surface area contributed by atoms with E-state index in [2.05, 4.69) is 34.2 Å². The molecule has 3 heteroatoms. The van der Waals surface area contributed by atoms with E-state index in [1.165, 1.54) is 31.2 Å². The van der Waals surface area contributed by atoms with Crippen LogP contribution in [0.4, 0.5) is 0 Å². The van der Waals surface area contributed by atoms with Gasteiger partial charge in [-0.15, -0.1) is 0 Å². The van der Waals surface area contributed by atoms with Gasteiger partial charge < -0.3 is 5.32 Å². The first-order valence-corrected chi connectivity index (χ1v) is 8.07. The van der Waals surface area contributed by atoms with Gasteiger partial charge in [-0.05, 0) is 55.5 Å². The van der Waals surface area contributed by atoms with Gasteiger partial charge in [-0.25, -0.2) is 0 Å². The second-order valence-electron chi connectivity index (χ2n) is 5.14. The van der Waals surface area contributed by atoms with Gasteiger partial charge in [0.1, 0.15) is 0 Å². The third kappa shape index (κ3) is 3.49. The Labute approximate surface area is 123 Å². The Morgan fingerprint density at radius 2 is 2.11 bits per heavy atom. The van der Waals surface area contributed by atoms with Crippen molar-refractivity contribution in [1.29, 1.82) is 0 Å². The van der Waals surface area contributed by atoms with Crippen LogP contribution in [0.1, 0.15) is 50.6 Å². The van der Waals surface area contributed by atoms with E-state index in [9.17, 15) is 0 Å². The predicted octanol–water partition coefficient (Wildman–Crippen LogP) is 5.33. The molecule has 1 saturated carbocycles. The zero-order chi connectivity index (χ0) is 13.0. The monoisotopic (exact) mass is 329 g/mol. The van der Waals surface area contributed by atoms with Gasteiger partial charge in [0.2, 0.25) is 0 Å². The van der Waals surface area contributed by atoms with Crippen molar-refractivity contribution in [2.24, 2.45) is 5.92 Å². The molecule has 100 valence electrons. The van der Waals surface area contributed by atoms with Gasteiger partial charge in [-0.1, -0.05) is 47.3 Å². The summed E-state index contributed by atoms with van der Waals surface area (Å²) in [5, 5.41) is 4.58. The molecule has 1 N–H and O–H groups in total. The van der Waals surface area contributed by atoms with Gasteiger partial charge in [0.15, 0.2) is 0 Å². The largest absolute Gasteiger partial charge is 0.310 e. The third-order valence-corrected chi connectivity index (χ3v) is 4.62. The summed E-state index contributed by atoms with van der Waals surface area (Å²) in [7, 11) is 0. The first kappa shape index (κ1) is 14.4. The summed E-state index contributed by atoms with van der Waals surface area (Å²) in [6.45, 7) is 3.27. The van der Waals surface area contributed by atoms with Crippen LogP contribution in [0.15, 0.2) is 22.7 Å². The number of halogens is 2. The van der Waals surface area contributed by atoms with Gasteiger partial charge in [-0.2, -0.15) is 0 Å². The second kappa shape index (κ2) is 6.93. The summed E-state index contributed by atoms with van der Waals surface area (Å²) in [4.78, 5) is 0. The Morgan fingerprint density at radius 3 is 2.78 bits per heavy atom. The average Bonchev–Trinajstić information content (AvgIpc) is 2.88. The SMILES string of the molecule is CCCNC(c1cc(Br)ccc1Cl)C1CCCC1. The molecule has 0 radical (unpaired) electrons. The van der Waals surface area contributed by atoms with Gasteiger partial charge >= 0.3 is 0 Å². The van der Waals surface area contributed by atoms with Crippen molar-refractivity contribution in [3.8, 4) is 0 Å². The van der Waals surface area contributed by atoms with E-state index in [-0.39, 0.29) is 0 Å². The Hall–Kier alpha value is -0.0500. The van der Waals surface area contributed by atoms with Gasteiger partial charge in [0.25, 0.3) is 0 Å². The summed E-state index contributed by atoms with van der Waals surface area (Å²) < 4.78 is 1.11. The molecular formula is C15H21BrClN. The maximum Gasteiger partial charge on any atom is 0.0454 e. The molecule has 1 aromatic carbocycles. The number of hydrogen-bond donors (Lipinski definition) is 1. The average molecular weight is 331 g/mol. The maximum atomic E-state index is 6.39. The summed E-state index contributed by atoms with van der Waals surface area (Å²) in [6.07, 6.45) is 6.53. The first-order valence-electron chi connectivity index (χ1n) is 6.90. The van der Waals surface area contributed by atoms with E-state index in [1.54, 1.807) is 0 Å². The van der Waals surface area contributed by atoms with Crippen LogP contribution in [-0.2, 0) is 0 Å². The Balaban J connectivity index is 2.23. The van der Waals surface area contributed by atoms with Crippen molar-refractivity contribution >= 4 is 27.5 Å². The highest BCUT2D eigenvalue weighted by molar-refractivity contribution is 9.10. The highest BCUT2D eigenvalue weighted by Crippen LogP contribution is 2.39. The second-order valence-corrected chi connectivity index (χ2v) is 6.47. The van der Waals surface area contributed by atoms with Crippen molar-refractivity contribution in [1.82, 2.24) is 5.32 Å². The lowest BCUT2D eigenvalue weighted by Crippen LogP contribution is -2.28. The molecule has 0 heterocycles. The quantitative estimate of drug-likeness (QED) is 0.769. The molecular weight excluding hydrogens is 310 g/mol. The maximum absolute atomic E-state index is 6.39. The number of rotatable bonds is 5. The highest BCUT2D eigenvalue weighted by atomic mass is 79.9. The van der Waals surface area contributed by atoms with Crippen LogP contribution in [0.5, 0.6) is 0 Å². The van der Waals surface area contributed by atoms with Gasteiger partial charge in [0, 0.05) is 15.5 Å². The molecule has 0 bridgehead atoms. The molecule has 1 aliphatic carbocycles. The van der Waals surface area contributed by atoms with Crippen molar-refractivity contribution in [2.75, 3.05) is 6.54 Å². The smallest absolute Gasteiger partial charge is 0.0454 e. The third-order valence-electron chi connectivity index (χ3n) is 3.78. The molecule has 0 saturated heterocycles. The molecule has 0 spiro atoms. The van der Waals surface area contributed by atoms with Gasteiger partial charge in [0.05, 0.1) is 0 Å². The summed E-state index contributed by atoms with van der Waals surface area (Å²) in [5.41, 5.74) is 1.26. The fourth-order valence-corrected chi connectivity index (χ4v) is 3.49. The topological polar surface area (TPSA) is 12.0 Å². The zero-order valence-electron chi connectivity index (χ0n) is 10.9. The number of nitrogens with one attached hydrogen (secondary N) is 1. The Morgan fingerprint density at radius 1 is 1.39 bits per heavy atom. The summed E-state index contributed by atoms with van der Waals surface area (Å²) in [5.74, 6) is 0.739. The number of hydrogen-bond acceptors (Lipinski definition) is 1. The molecule has 0 amide bonds. The molecule has 2 rings (SSSR count).